The lowest BCUT2D eigenvalue weighted by Gasteiger charge is -2.33. The zero-order valence-electron chi connectivity index (χ0n) is 65.6. The molecule has 44 heteroatoms. The van der Waals surface area contributed by atoms with E-state index in [9.17, 15) is 82.1 Å². The normalized spacial score (nSPS) is 18.9. The average Bonchev–Trinajstić information content (AvgIpc) is 1.61. The average molecular weight is 1660 g/mol. The number of thioether (sulfide) groups is 1. The van der Waals surface area contributed by atoms with Gasteiger partial charge in [-0.3, -0.25) is 82.1 Å². The molecule has 2 aromatic rings. The summed E-state index contributed by atoms with van der Waals surface area (Å²) in [7, 11) is 0. The largest absolute Gasteiger partial charge is 0.480 e. The van der Waals surface area contributed by atoms with E-state index in [-0.39, 0.29) is 159 Å². The standard InChI is InChI=1S/C72H113N25O17S2/c1-38(2)55(68(112)96-29-12-20-52(96)65(109)91-48(32-40-14-6-5-7-15-40)67(111)97-30-13-21-53(97)69(113)114)94-60(104)44(18-10-27-82-72(77)78)88-62(106)49(35-98)92-61(105)47(33-41-34-79-37-83-41)90-56(100)39(3)84-64(108)51-19-11-28-95(51)66(110)46(24-31-116-4)89-63(107)50(36-115)93-58(102)43(17-9-26-81-71(75)76)86-57(101)42(16-8-25-80-70(73)74)87-59(103)45-22-23-54(99)85-45/h5-7,14-15,34,37-39,42-53,55,98,115H,8-13,16-33,35-36H2,1-4H3,(H,79,83)(H,84,108)(H,85,99)(H,86,101)(H,87,103)(H,88,106)(H,89,107)(H,90,100)(H,91,109)(H,92,105)(H,93,102)(H,94,104)(H,113,114)(H4,73,74,80)(H4,75,76,81)(H4,77,78,82)/t39-,42-,43-,44-,45?,46-,47-,48-,49-,50-,51-,52-,53-,55-/m0/s1. The highest BCUT2D eigenvalue weighted by molar-refractivity contribution is 7.98. The smallest absolute Gasteiger partial charge is 0.326 e. The SMILES string of the molecule is CSCC[C@H](NC(=O)[C@H](CS)NC(=O)[C@H](CCCN=C(N)N)NC(=O)[C@H](CCCN=C(N)N)NC(=O)C1CCC(=O)N1)C(=O)N1CCC[C@H]1C(=O)N[C@@H](C)C(=O)N[C@@H](Cc1cnc[nH]1)C(=O)N[C@@H](CO)C(=O)N[C@@H](CCCN=C(N)N)C(=O)N[C@H](C(=O)N1CCC[C@H]1C(=O)N[C@@H](Cc1ccccc1)C(=O)N1CCC[C@H]1C(=O)O)C(C)C. The Balaban J connectivity index is 1.11. The summed E-state index contributed by atoms with van der Waals surface area (Å²) in [6.07, 6.45) is 6.24. The van der Waals surface area contributed by atoms with E-state index in [4.69, 9.17) is 34.4 Å². The third-order valence-corrected chi connectivity index (χ3v) is 20.9. The van der Waals surface area contributed by atoms with Crippen molar-refractivity contribution in [1.29, 1.82) is 0 Å². The molecule has 4 aliphatic heterocycles. The summed E-state index contributed by atoms with van der Waals surface area (Å²) in [6, 6.07) is -9.64. The number of nitrogens with two attached hydrogens (primary N) is 6. The van der Waals surface area contributed by atoms with E-state index in [1.807, 2.05) is 0 Å². The van der Waals surface area contributed by atoms with Crippen LogP contribution in [0, 0.1) is 5.92 Å². The molecule has 0 bridgehead atoms. The van der Waals surface area contributed by atoms with Crippen LogP contribution in [-0.2, 0) is 84.8 Å². The number of carbonyl (C=O) groups excluding carboxylic acids is 14. The summed E-state index contributed by atoms with van der Waals surface area (Å²) >= 11 is 5.70. The van der Waals surface area contributed by atoms with Gasteiger partial charge in [0.1, 0.15) is 84.6 Å². The number of aliphatic hydroxyl groups is 1. The van der Waals surface area contributed by atoms with Gasteiger partial charge in [0, 0.05) is 76.2 Å². The first-order chi connectivity index (χ1) is 55.2. The van der Waals surface area contributed by atoms with Crippen LogP contribution in [0.5, 0.6) is 0 Å². The number of H-pyrrole nitrogens is 1. The van der Waals surface area contributed by atoms with Crippen molar-refractivity contribution in [3.63, 3.8) is 0 Å². The van der Waals surface area contributed by atoms with Crippen molar-refractivity contribution in [1.82, 2.24) is 83.2 Å². The molecule has 26 N–H and O–H groups in total. The Bertz CT molecular complexity index is 3830. The molecule has 0 saturated carbocycles. The number of carboxylic acids is 1. The second kappa shape index (κ2) is 47.1. The van der Waals surface area contributed by atoms with Gasteiger partial charge in [-0.1, -0.05) is 44.2 Å². The van der Waals surface area contributed by atoms with E-state index in [0.717, 1.165) is 0 Å². The molecule has 0 spiro atoms. The van der Waals surface area contributed by atoms with E-state index in [0.29, 0.717) is 36.3 Å². The molecule has 5 heterocycles. The topological polar surface area (TPSA) is 660 Å². The fourth-order valence-corrected chi connectivity index (χ4v) is 14.4. The van der Waals surface area contributed by atoms with Crippen molar-refractivity contribution in [2.45, 2.75) is 215 Å². The molecular formula is C72H113N25O17S2. The van der Waals surface area contributed by atoms with E-state index in [1.54, 1.807) is 50.4 Å². The van der Waals surface area contributed by atoms with Crippen molar-refractivity contribution < 1.29 is 82.1 Å². The van der Waals surface area contributed by atoms with Gasteiger partial charge in [-0.2, -0.15) is 24.4 Å². The number of hydrogen-bond donors (Lipinski definition) is 21. The number of nitrogens with zero attached hydrogens (tertiary/aromatic N) is 7. The predicted molar refractivity (Wildman–Crippen MR) is 429 cm³/mol. The number of carbonyl (C=O) groups is 15. The van der Waals surface area contributed by atoms with Crippen LogP contribution in [0.4, 0.5) is 0 Å². The number of thiol groups is 1. The Labute approximate surface area is 680 Å². The maximum atomic E-state index is 14.7. The van der Waals surface area contributed by atoms with Gasteiger partial charge in [0.05, 0.1) is 12.9 Å². The van der Waals surface area contributed by atoms with Crippen molar-refractivity contribution in [3.05, 3.63) is 54.1 Å². The van der Waals surface area contributed by atoms with Crippen LogP contribution in [-0.4, -0.2) is 290 Å². The highest BCUT2D eigenvalue weighted by Gasteiger charge is 2.45. The minimum Gasteiger partial charge on any atom is -0.480 e. The van der Waals surface area contributed by atoms with Crippen molar-refractivity contribution >= 4 is 131 Å². The van der Waals surface area contributed by atoms with Crippen LogP contribution in [0.2, 0.25) is 0 Å². The molecule has 116 heavy (non-hydrogen) atoms. The molecule has 14 atom stereocenters. The van der Waals surface area contributed by atoms with E-state index < -0.39 is 180 Å². The van der Waals surface area contributed by atoms with Crippen LogP contribution in [0.3, 0.4) is 0 Å². The number of hydrogen-bond acceptors (Lipinski definition) is 22. The number of nitrogens with one attached hydrogen (secondary N) is 12. The second-order valence-corrected chi connectivity index (χ2v) is 30.3. The number of likely N-dealkylation sites (tertiary alicyclic amines) is 3. The molecular weight excluding hydrogens is 1550 g/mol. The van der Waals surface area contributed by atoms with Gasteiger partial charge in [-0.15, -0.1) is 0 Å². The molecule has 4 aliphatic rings. The minimum atomic E-state index is -1.81. The first kappa shape index (κ1) is 93.8. The van der Waals surface area contributed by atoms with Crippen molar-refractivity contribution in [2.24, 2.45) is 55.3 Å². The third kappa shape index (κ3) is 29.0. The minimum absolute atomic E-state index is 0.00987. The molecule has 1 unspecified atom stereocenters. The number of amides is 14. The van der Waals surface area contributed by atoms with Crippen LogP contribution in [0.15, 0.2) is 57.8 Å². The third-order valence-electron chi connectivity index (χ3n) is 19.9. The summed E-state index contributed by atoms with van der Waals surface area (Å²) in [6.45, 7) is 3.90. The maximum absolute atomic E-state index is 14.7. The van der Waals surface area contributed by atoms with Crippen LogP contribution in [0.25, 0.3) is 0 Å². The molecule has 1 aromatic carbocycles. The molecule has 0 radical (unpaired) electrons. The lowest BCUT2D eigenvalue weighted by molar-refractivity contribution is -0.150. The van der Waals surface area contributed by atoms with E-state index in [2.05, 4.69) is 96.1 Å². The Morgan fingerprint density at radius 2 is 0.983 bits per heavy atom. The highest BCUT2D eigenvalue weighted by Crippen LogP contribution is 2.25. The van der Waals surface area contributed by atoms with Gasteiger partial charge in [0.25, 0.3) is 0 Å². The van der Waals surface area contributed by atoms with E-state index >= 15 is 0 Å². The maximum Gasteiger partial charge on any atom is 0.326 e. The molecule has 0 aliphatic carbocycles. The fourth-order valence-electron chi connectivity index (χ4n) is 13.7. The van der Waals surface area contributed by atoms with Crippen LogP contribution < -0.4 is 92.9 Å². The summed E-state index contributed by atoms with van der Waals surface area (Å²) in [5.41, 5.74) is 34.2. The molecule has 4 fully saturated rings. The van der Waals surface area contributed by atoms with Crippen molar-refractivity contribution in [3.8, 4) is 0 Å². The number of rotatable bonds is 46. The number of imidazole rings is 1. The quantitative estimate of drug-likeness (QED) is 0.0127. The lowest BCUT2D eigenvalue weighted by Crippen LogP contribution is -2.61. The first-order valence-corrected chi connectivity index (χ1v) is 40.6. The summed E-state index contributed by atoms with van der Waals surface area (Å²) in [5, 5.41) is 49.5. The van der Waals surface area contributed by atoms with E-state index in [1.165, 1.54) is 45.9 Å². The Kier molecular flexibility index (Phi) is 38.1. The molecule has 1 aromatic heterocycles. The number of aliphatic carboxylic acids is 1. The predicted octanol–water partition coefficient (Wildman–Crippen LogP) is -7.11. The van der Waals surface area contributed by atoms with Gasteiger partial charge in [-0.25, -0.2) is 9.78 Å². The number of benzene rings is 1. The zero-order chi connectivity index (χ0) is 85.3. The van der Waals surface area contributed by atoms with Gasteiger partial charge in [0.2, 0.25) is 82.7 Å². The summed E-state index contributed by atoms with van der Waals surface area (Å²) < 4.78 is 0. The molecule has 6 rings (SSSR count). The lowest BCUT2D eigenvalue weighted by atomic mass is 10.0. The number of aromatic amines is 1. The Morgan fingerprint density at radius 3 is 1.47 bits per heavy atom. The molecule has 640 valence electrons. The summed E-state index contributed by atoms with van der Waals surface area (Å²) in [5.74, 6) is -13.4. The number of aliphatic imine (C=N–C) groups is 3. The zero-order valence-corrected chi connectivity index (χ0v) is 67.3. The number of carboxylic acid groups (broad SMARTS) is 1. The second-order valence-electron chi connectivity index (χ2n) is 29.0. The van der Waals surface area contributed by atoms with Crippen LogP contribution in [0.1, 0.15) is 128 Å². The molecule has 14 amide bonds. The van der Waals surface area contributed by atoms with Gasteiger partial charge < -0.3 is 123 Å². The monoisotopic (exact) mass is 1660 g/mol. The van der Waals surface area contributed by atoms with Gasteiger partial charge in [-0.05, 0) is 120 Å². The van der Waals surface area contributed by atoms with Crippen LogP contribution >= 0.6 is 24.4 Å². The van der Waals surface area contributed by atoms with Crippen molar-refractivity contribution in [2.75, 3.05) is 63.6 Å². The fraction of sp³-hybridized carbons (Fsp3) is 0.625. The molecule has 4 saturated heterocycles. The Morgan fingerprint density at radius 1 is 0.534 bits per heavy atom. The number of guanidine groups is 3. The first-order valence-electron chi connectivity index (χ1n) is 38.6. The number of aliphatic hydroxyl groups excluding tert-OH is 1. The Hall–Kier alpha value is -11.1. The molecule has 42 nitrogen and oxygen atoms in total. The summed E-state index contributed by atoms with van der Waals surface area (Å²) in [4.78, 5) is 232. The van der Waals surface area contributed by atoms with Gasteiger partial charge >= 0.3 is 5.97 Å². The number of aromatic nitrogens is 2. The van der Waals surface area contributed by atoms with Gasteiger partial charge in [0.15, 0.2) is 17.9 Å². The highest BCUT2D eigenvalue weighted by atomic mass is 32.2.